The topological polar surface area (TPSA) is 57.7 Å². The lowest BCUT2D eigenvalue weighted by molar-refractivity contribution is -0.108. The molecule has 0 aromatic rings. The average Bonchev–Trinajstić information content (AvgIpc) is 2.13. The predicted octanol–water partition coefficient (Wildman–Crippen LogP) is -0.152. The van der Waals surface area contributed by atoms with Gasteiger partial charge in [-0.15, -0.1) is 0 Å². The van der Waals surface area contributed by atoms with Crippen molar-refractivity contribution < 1.29 is 13.2 Å². The van der Waals surface area contributed by atoms with Gasteiger partial charge in [-0.3, -0.25) is 0 Å². The Morgan fingerprint density at radius 3 is 2.50 bits per heavy atom. The number of rotatable bonds is 4. The lowest BCUT2D eigenvalue weighted by Crippen LogP contribution is -2.50. The van der Waals surface area contributed by atoms with Gasteiger partial charge in [-0.05, 0) is 12.8 Å². The van der Waals surface area contributed by atoms with E-state index in [2.05, 4.69) is 0 Å². The number of carbonyl (C=O) groups is 1. The summed E-state index contributed by atoms with van der Waals surface area (Å²) >= 11 is 0. The number of nitrogens with zero attached hydrogens (tertiary/aromatic N) is 2. The predicted molar refractivity (Wildman–Crippen MR) is 53.0 cm³/mol. The minimum atomic E-state index is -3.35. The van der Waals surface area contributed by atoms with E-state index in [1.54, 1.807) is 0 Å². The smallest absolute Gasteiger partial charge is 0.282 e. The molecule has 1 fully saturated rings. The van der Waals surface area contributed by atoms with Crippen LogP contribution in [0.3, 0.4) is 0 Å². The van der Waals surface area contributed by atoms with Crippen molar-refractivity contribution in [1.29, 1.82) is 0 Å². The number of aldehydes is 1. The minimum absolute atomic E-state index is 0.0253. The molecule has 0 bridgehead atoms. The molecule has 1 aliphatic rings. The fourth-order valence-electron chi connectivity index (χ4n) is 1.56. The molecular formula is C8H16N2O3S. The molecule has 5 nitrogen and oxygen atoms in total. The third-order valence-electron chi connectivity index (χ3n) is 2.22. The maximum Gasteiger partial charge on any atom is 0.282 e. The average molecular weight is 220 g/mol. The van der Waals surface area contributed by atoms with Crippen molar-refractivity contribution in [1.82, 2.24) is 8.61 Å². The fourth-order valence-corrected chi connectivity index (χ4v) is 3.27. The van der Waals surface area contributed by atoms with Gasteiger partial charge in [-0.25, -0.2) is 0 Å². The summed E-state index contributed by atoms with van der Waals surface area (Å²) in [6.45, 7) is 3.49. The Bertz CT molecular complexity index is 287. The molecule has 0 saturated carbocycles. The van der Waals surface area contributed by atoms with Crippen molar-refractivity contribution >= 4 is 16.5 Å². The summed E-state index contributed by atoms with van der Waals surface area (Å²) in [5.41, 5.74) is 0. The molecule has 1 rings (SSSR count). The molecule has 82 valence electrons. The molecule has 1 saturated heterocycles. The van der Waals surface area contributed by atoms with E-state index < -0.39 is 10.2 Å². The summed E-state index contributed by atoms with van der Waals surface area (Å²) in [6.07, 6.45) is 2.23. The van der Waals surface area contributed by atoms with Crippen LogP contribution in [-0.2, 0) is 15.0 Å². The van der Waals surface area contributed by atoms with Gasteiger partial charge in [0.15, 0.2) is 0 Å². The quantitative estimate of drug-likeness (QED) is 0.619. The minimum Gasteiger partial charge on any atom is -0.302 e. The van der Waals surface area contributed by atoms with Gasteiger partial charge in [-0.2, -0.15) is 17.0 Å². The van der Waals surface area contributed by atoms with Gasteiger partial charge >= 0.3 is 0 Å². The van der Waals surface area contributed by atoms with Crippen LogP contribution >= 0.6 is 0 Å². The summed E-state index contributed by atoms with van der Waals surface area (Å²) < 4.78 is 26.3. The van der Waals surface area contributed by atoms with Crippen LogP contribution in [0.25, 0.3) is 0 Å². The van der Waals surface area contributed by atoms with Crippen molar-refractivity contribution in [3.63, 3.8) is 0 Å². The van der Waals surface area contributed by atoms with Gasteiger partial charge in [-0.1, -0.05) is 6.92 Å². The number of carbonyl (C=O) groups excluding carboxylic acids is 1. The molecule has 14 heavy (non-hydrogen) atoms. The second-order valence-electron chi connectivity index (χ2n) is 3.29. The van der Waals surface area contributed by atoms with E-state index in [1.165, 1.54) is 8.61 Å². The van der Waals surface area contributed by atoms with Gasteiger partial charge in [0.1, 0.15) is 6.29 Å². The van der Waals surface area contributed by atoms with Crippen LogP contribution in [0.5, 0.6) is 0 Å². The van der Waals surface area contributed by atoms with E-state index in [1.807, 2.05) is 6.92 Å². The number of hydrogen-bond acceptors (Lipinski definition) is 3. The first-order valence-electron chi connectivity index (χ1n) is 4.81. The number of hydrogen-bond donors (Lipinski definition) is 0. The lowest BCUT2D eigenvalue weighted by Gasteiger charge is -2.33. The highest BCUT2D eigenvalue weighted by atomic mass is 32.2. The molecule has 0 atom stereocenters. The van der Waals surface area contributed by atoms with E-state index in [0.717, 1.165) is 12.8 Å². The van der Waals surface area contributed by atoms with Crippen molar-refractivity contribution in [3.8, 4) is 0 Å². The van der Waals surface area contributed by atoms with Gasteiger partial charge in [0, 0.05) is 19.6 Å². The third kappa shape index (κ3) is 2.31. The standard InChI is InChI=1S/C8H16N2O3S/c1-2-4-9-5-3-6-10(7-8-11)14(9,12)13/h8H,2-7H2,1H3. The molecule has 0 radical (unpaired) electrons. The van der Waals surface area contributed by atoms with Crippen LogP contribution in [0.15, 0.2) is 0 Å². The Balaban J connectivity index is 2.76. The zero-order chi connectivity index (χ0) is 10.6. The largest absolute Gasteiger partial charge is 0.302 e. The molecule has 6 heteroatoms. The molecule has 0 N–H and O–H groups in total. The Morgan fingerprint density at radius 2 is 1.93 bits per heavy atom. The first-order chi connectivity index (χ1) is 6.62. The monoisotopic (exact) mass is 220 g/mol. The summed E-state index contributed by atoms with van der Waals surface area (Å²) in [5, 5.41) is 0. The van der Waals surface area contributed by atoms with Crippen molar-refractivity contribution in [3.05, 3.63) is 0 Å². The highest BCUT2D eigenvalue weighted by molar-refractivity contribution is 7.86. The van der Waals surface area contributed by atoms with E-state index in [9.17, 15) is 13.2 Å². The molecule has 0 unspecified atom stereocenters. The van der Waals surface area contributed by atoms with Crippen LogP contribution in [0.2, 0.25) is 0 Å². The molecule has 1 heterocycles. The van der Waals surface area contributed by atoms with Crippen molar-refractivity contribution in [2.24, 2.45) is 0 Å². The zero-order valence-corrected chi connectivity index (χ0v) is 9.16. The Hall–Kier alpha value is -0.460. The van der Waals surface area contributed by atoms with Crippen molar-refractivity contribution in [2.75, 3.05) is 26.2 Å². The SMILES string of the molecule is CCCN1CCCN(CC=O)S1(=O)=O. The van der Waals surface area contributed by atoms with Crippen LogP contribution in [0, 0.1) is 0 Å². The zero-order valence-electron chi connectivity index (χ0n) is 8.35. The van der Waals surface area contributed by atoms with E-state index >= 15 is 0 Å². The second-order valence-corrected chi connectivity index (χ2v) is 5.21. The van der Waals surface area contributed by atoms with E-state index in [4.69, 9.17) is 0 Å². The molecule has 0 aliphatic carbocycles. The third-order valence-corrected chi connectivity index (χ3v) is 4.22. The highest BCUT2D eigenvalue weighted by Gasteiger charge is 2.32. The van der Waals surface area contributed by atoms with Crippen LogP contribution in [0.1, 0.15) is 19.8 Å². The van der Waals surface area contributed by atoms with Gasteiger partial charge in [0.05, 0.1) is 6.54 Å². The van der Waals surface area contributed by atoms with Crippen LogP contribution < -0.4 is 0 Å². The summed E-state index contributed by atoms with van der Waals surface area (Å²) in [4.78, 5) is 10.3. The molecular weight excluding hydrogens is 204 g/mol. The molecule has 0 aromatic heterocycles. The van der Waals surface area contributed by atoms with Gasteiger partial charge in [0.2, 0.25) is 0 Å². The Morgan fingerprint density at radius 1 is 1.29 bits per heavy atom. The highest BCUT2D eigenvalue weighted by Crippen LogP contribution is 2.15. The maximum atomic E-state index is 11.8. The molecule has 0 aromatic carbocycles. The summed E-state index contributed by atoms with van der Waals surface area (Å²) in [7, 11) is -3.35. The second kappa shape index (κ2) is 4.86. The van der Waals surface area contributed by atoms with Crippen LogP contribution in [-0.4, -0.2) is 49.5 Å². The van der Waals surface area contributed by atoms with Gasteiger partial charge < -0.3 is 4.79 Å². The molecule has 0 amide bonds. The fraction of sp³-hybridized carbons (Fsp3) is 0.875. The first-order valence-corrected chi connectivity index (χ1v) is 6.21. The molecule has 1 aliphatic heterocycles. The van der Waals surface area contributed by atoms with E-state index in [-0.39, 0.29) is 6.54 Å². The summed E-state index contributed by atoms with van der Waals surface area (Å²) in [6, 6.07) is 0. The van der Waals surface area contributed by atoms with E-state index in [0.29, 0.717) is 25.9 Å². The normalized spacial score (nSPS) is 23.5. The van der Waals surface area contributed by atoms with Crippen molar-refractivity contribution in [2.45, 2.75) is 19.8 Å². The first kappa shape index (κ1) is 11.6. The molecule has 0 spiro atoms. The lowest BCUT2D eigenvalue weighted by atomic mass is 10.4. The van der Waals surface area contributed by atoms with Crippen LogP contribution in [0.4, 0.5) is 0 Å². The Labute approximate surface area is 84.9 Å². The maximum absolute atomic E-state index is 11.8. The summed E-state index contributed by atoms with van der Waals surface area (Å²) in [5.74, 6) is 0. The van der Waals surface area contributed by atoms with Gasteiger partial charge in [0.25, 0.3) is 10.2 Å². The Kier molecular flexibility index (Phi) is 4.03.